The van der Waals surface area contributed by atoms with Crippen molar-refractivity contribution >= 4 is 11.9 Å². The maximum Gasteiger partial charge on any atom is 0.319 e. The highest BCUT2D eigenvalue weighted by Gasteiger charge is 2.08. The summed E-state index contributed by atoms with van der Waals surface area (Å²) in [4.78, 5) is 23.4. The maximum atomic E-state index is 10.9. The normalized spacial score (nSPS) is 10.0. The number of nitrogens with zero attached hydrogens (tertiary/aromatic N) is 1. The molecule has 0 unspecified atom stereocenters. The molecule has 0 atom stereocenters. The monoisotopic (exact) mass is 202 g/mol. The Hall–Kier alpha value is -1.10. The number of hydrogen-bond acceptors (Lipinski definition) is 4. The molecule has 1 N–H and O–H groups in total. The van der Waals surface area contributed by atoms with E-state index < -0.39 is 0 Å². The Labute approximate surface area is 84.4 Å². The second-order valence-electron chi connectivity index (χ2n) is 2.93. The first-order valence-electron chi connectivity index (χ1n) is 4.63. The molecular weight excluding hydrogens is 184 g/mol. The average Bonchev–Trinajstić information content (AvgIpc) is 2.15. The van der Waals surface area contributed by atoms with Gasteiger partial charge in [0.25, 0.3) is 0 Å². The first-order valence-corrected chi connectivity index (χ1v) is 4.63. The van der Waals surface area contributed by atoms with Crippen molar-refractivity contribution in [2.45, 2.75) is 13.8 Å². The van der Waals surface area contributed by atoms with Crippen molar-refractivity contribution in [3.05, 3.63) is 0 Å². The average molecular weight is 202 g/mol. The minimum Gasteiger partial charge on any atom is -0.468 e. The number of esters is 1. The number of methoxy groups -OCH3 is 1. The molecule has 0 fully saturated rings. The van der Waals surface area contributed by atoms with E-state index in [4.69, 9.17) is 0 Å². The molecule has 0 saturated carbocycles. The summed E-state index contributed by atoms with van der Waals surface area (Å²) >= 11 is 0. The molecule has 0 aliphatic carbocycles. The molecule has 0 rings (SSSR count). The number of rotatable bonds is 6. The number of carbonyl (C=O) groups is 2. The summed E-state index contributed by atoms with van der Waals surface area (Å²) in [5, 5.41) is 2.67. The van der Waals surface area contributed by atoms with Crippen LogP contribution in [0.25, 0.3) is 0 Å². The van der Waals surface area contributed by atoms with Crippen molar-refractivity contribution in [1.82, 2.24) is 10.2 Å². The second kappa shape index (κ2) is 7.32. The number of hydrogen-bond donors (Lipinski definition) is 1. The topological polar surface area (TPSA) is 58.6 Å². The Kier molecular flexibility index (Phi) is 6.74. The minimum absolute atomic E-state index is 0.0564. The zero-order chi connectivity index (χ0) is 11.0. The van der Waals surface area contributed by atoms with Gasteiger partial charge in [0.2, 0.25) is 5.91 Å². The first kappa shape index (κ1) is 12.9. The molecule has 0 saturated heterocycles. The van der Waals surface area contributed by atoms with Crippen LogP contribution in [0.3, 0.4) is 0 Å². The van der Waals surface area contributed by atoms with Crippen molar-refractivity contribution in [1.29, 1.82) is 0 Å². The third-order valence-corrected chi connectivity index (χ3v) is 1.83. The quantitative estimate of drug-likeness (QED) is 0.596. The summed E-state index contributed by atoms with van der Waals surface area (Å²) in [5.74, 6) is -0.311. The van der Waals surface area contributed by atoms with E-state index in [1.165, 1.54) is 14.0 Å². The van der Waals surface area contributed by atoms with Crippen molar-refractivity contribution in [2.75, 3.05) is 33.3 Å². The molecule has 0 aliphatic rings. The predicted octanol–water partition coefficient (Wildman–Crippen LogP) is -0.383. The molecule has 0 heterocycles. The van der Waals surface area contributed by atoms with Gasteiger partial charge in [-0.05, 0) is 6.54 Å². The van der Waals surface area contributed by atoms with Crippen LogP contribution >= 0.6 is 0 Å². The van der Waals surface area contributed by atoms with Gasteiger partial charge in [-0.25, -0.2) is 0 Å². The molecule has 0 aromatic carbocycles. The molecule has 0 aliphatic heterocycles. The SMILES string of the molecule is CCN(CCNC(C)=O)CC(=O)OC. The van der Waals surface area contributed by atoms with E-state index in [1.54, 1.807) is 0 Å². The summed E-state index contributed by atoms with van der Waals surface area (Å²) in [7, 11) is 1.37. The van der Waals surface area contributed by atoms with Crippen LogP contribution in [0.15, 0.2) is 0 Å². The number of amides is 1. The summed E-state index contributed by atoms with van der Waals surface area (Å²) in [5.41, 5.74) is 0. The molecule has 1 amide bonds. The van der Waals surface area contributed by atoms with Gasteiger partial charge in [-0.1, -0.05) is 6.92 Å². The lowest BCUT2D eigenvalue weighted by Crippen LogP contribution is -2.37. The number of carbonyl (C=O) groups excluding carboxylic acids is 2. The highest BCUT2D eigenvalue weighted by Crippen LogP contribution is 1.87. The third kappa shape index (κ3) is 6.42. The first-order chi connectivity index (χ1) is 6.60. The van der Waals surface area contributed by atoms with Crippen LogP contribution < -0.4 is 5.32 Å². The van der Waals surface area contributed by atoms with Gasteiger partial charge in [0.1, 0.15) is 0 Å². The lowest BCUT2D eigenvalue weighted by atomic mass is 10.4. The van der Waals surface area contributed by atoms with E-state index in [-0.39, 0.29) is 18.4 Å². The molecular formula is C9H18N2O3. The number of ether oxygens (including phenoxy) is 1. The zero-order valence-corrected chi connectivity index (χ0v) is 9.00. The summed E-state index contributed by atoms with van der Waals surface area (Å²) < 4.78 is 4.54. The van der Waals surface area contributed by atoms with Crippen LogP contribution in [0, 0.1) is 0 Å². The summed E-state index contributed by atoms with van der Waals surface area (Å²) in [6.45, 7) is 5.67. The van der Waals surface area contributed by atoms with Crippen LogP contribution in [0.1, 0.15) is 13.8 Å². The van der Waals surface area contributed by atoms with Crippen LogP contribution in [-0.4, -0.2) is 50.1 Å². The highest BCUT2D eigenvalue weighted by atomic mass is 16.5. The molecule has 82 valence electrons. The van der Waals surface area contributed by atoms with Gasteiger partial charge >= 0.3 is 5.97 Å². The van der Waals surface area contributed by atoms with E-state index in [9.17, 15) is 9.59 Å². The Balaban J connectivity index is 3.68. The number of likely N-dealkylation sites (N-methyl/N-ethyl adjacent to an activating group) is 1. The summed E-state index contributed by atoms with van der Waals surface area (Å²) in [6.07, 6.45) is 0. The fourth-order valence-corrected chi connectivity index (χ4v) is 0.986. The van der Waals surface area contributed by atoms with Gasteiger partial charge in [0, 0.05) is 20.0 Å². The largest absolute Gasteiger partial charge is 0.468 e. The molecule has 14 heavy (non-hydrogen) atoms. The second-order valence-corrected chi connectivity index (χ2v) is 2.93. The molecule has 0 aromatic heterocycles. The van der Waals surface area contributed by atoms with Gasteiger partial charge in [-0.15, -0.1) is 0 Å². The Morgan fingerprint density at radius 3 is 2.50 bits per heavy atom. The van der Waals surface area contributed by atoms with E-state index in [2.05, 4.69) is 10.1 Å². The Bertz CT molecular complexity index is 194. The van der Waals surface area contributed by atoms with Crippen molar-refractivity contribution in [3.63, 3.8) is 0 Å². The van der Waals surface area contributed by atoms with Crippen LogP contribution in [0.2, 0.25) is 0 Å². The minimum atomic E-state index is -0.255. The lowest BCUT2D eigenvalue weighted by Gasteiger charge is -2.18. The van der Waals surface area contributed by atoms with Gasteiger partial charge < -0.3 is 10.1 Å². The smallest absolute Gasteiger partial charge is 0.319 e. The molecule has 0 spiro atoms. The van der Waals surface area contributed by atoms with E-state index in [0.29, 0.717) is 13.1 Å². The molecule has 0 radical (unpaired) electrons. The van der Waals surface area contributed by atoms with E-state index in [0.717, 1.165) is 6.54 Å². The standard InChI is InChI=1S/C9H18N2O3/c1-4-11(7-9(13)14-3)6-5-10-8(2)12/h4-7H2,1-3H3,(H,10,12). The fraction of sp³-hybridized carbons (Fsp3) is 0.778. The van der Waals surface area contributed by atoms with Crippen LogP contribution in [0.4, 0.5) is 0 Å². The molecule has 0 bridgehead atoms. The highest BCUT2D eigenvalue weighted by molar-refractivity contribution is 5.73. The third-order valence-electron chi connectivity index (χ3n) is 1.83. The number of nitrogens with one attached hydrogen (secondary N) is 1. The van der Waals surface area contributed by atoms with Crippen LogP contribution in [-0.2, 0) is 14.3 Å². The van der Waals surface area contributed by atoms with Gasteiger partial charge in [-0.2, -0.15) is 0 Å². The van der Waals surface area contributed by atoms with Crippen molar-refractivity contribution < 1.29 is 14.3 Å². The Morgan fingerprint density at radius 2 is 2.07 bits per heavy atom. The van der Waals surface area contributed by atoms with Crippen LogP contribution in [0.5, 0.6) is 0 Å². The molecule has 5 nitrogen and oxygen atoms in total. The van der Waals surface area contributed by atoms with Gasteiger partial charge in [-0.3, -0.25) is 14.5 Å². The predicted molar refractivity (Wildman–Crippen MR) is 52.8 cm³/mol. The lowest BCUT2D eigenvalue weighted by molar-refractivity contribution is -0.141. The van der Waals surface area contributed by atoms with Crippen molar-refractivity contribution in [2.24, 2.45) is 0 Å². The summed E-state index contributed by atoms with van der Waals surface area (Å²) in [6, 6.07) is 0. The maximum absolute atomic E-state index is 10.9. The Morgan fingerprint density at radius 1 is 1.43 bits per heavy atom. The fourth-order valence-electron chi connectivity index (χ4n) is 0.986. The van der Waals surface area contributed by atoms with E-state index in [1.807, 2.05) is 11.8 Å². The molecule has 0 aromatic rings. The van der Waals surface area contributed by atoms with Crippen molar-refractivity contribution in [3.8, 4) is 0 Å². The zero-order valence-electron chi connectivity index (χ0n) is 9.00. The van der Waals surface area contributed by atoms with Gasteiger partial charge in [0.15, 0.2) is 0 Å². The van der Waals surface area contributed by atoms with Gasteiger partial charge in [0.05, 0.1) is 13.7 Å². The molecule has 5 heteroatoms. The van der Waals surface area contributed by atoms with E-state index >= 15 is 0 Å².